The molecule has 0 aromatic heterocycles. The van der Waals surface area contributed by atoms with Crippen LogP contribution >= 0.6 is 8.03 Å². The zero-order valence-corrected chi connectivity index (χ0v) is 13.9. The van der Waals surface area contributed by atoms with Gasteiger partial charge in [0.05, 0.1) is 13.2 Å². The van der Waals surface area contributed by atoms with Gasteiger partial charge in [0.25, 0.3) is 0 Å². The van der Waals surface area contributed by atoms with E-state index < -0.39 is 8.03 Å². The van der Waals surface area contributed by atoms with Gasteiger partial charge in [0.15, 0.2) is 8.03 Å². The zero-order valence-electron chi connectivity index (χ0n) is 10.9. The van der Waals surface area contributed by atoms with E-state index in [0.29, 0.717) is 19.6 Å². The molecule has 6 heteroatoms. The van der Waals surface area contributed by atoms with Gasteiger partial charge in [-0.15, -0.1) is 0 Å². The summed E-state index contributed by atoms with van der Waals surface area (Å²) in [4.78, 5) is 11.2. The molecule has 0 rings (SSSR count). The summed E-state index contributed by atoms with van der Waals surface area (Å²) >= 11 is 0. The van der Waals surface area contributed by atoms with E-state index in [-0.39, 0.29) is 33.0 Å². The van der Waals surface area contributed by atoms with E-state index in [0.717, 1.165) is 19.3 Å². The largest absolute Gasteiger partial charge is 0.465 e. The van der Waals surface area contributed by atoms with Crippen molar-refractivity contribution < 1.29 is 39.7 Å². The maximum atomic E-state index is 11.2. The van der Waals surface area contributed by atoms with Crippen LogP contribution in [0.3, 0.4) is 0 Å². The van der Waals surface area contributed by atoms with Crippen LogP contribution in [0.25, 0.3) is 0 Å². The van der Waals surface area contributed by atoms with Gasteiger partial charge in [-0.2, -0.15) is 0 Å². The Labute approximate surface area is 119 Å². The zero-order chi connectivity index (χ0) is 12.4. The molecule has 0 heterocycles. The van der Waals surface area contributed by atoms with Crippen molar-refractivity contribution in [3.05, 3.63) is 0 Å². The van der Waals surface area contributed by atoms with Crippen LogP contribution < -0.4 is 0 Å². The van der Waals surface area contributed by atoms with Crippen molar-refractivity contribution in [3.63, 3.8) is 0 Å². The summed E-state index contributed by atoms with van der Waals surface area (Å²) in [6.07, 6.45) is 3.54. The monoisotopic (exact) mass is 348 g/mol. The molecular weight excluding hydrogens is 323 g/mol. The summed E-state index contributed by atoms with van der Waals surface area (Å²) in [7, 11) is -1.88. The molecule has 0 aliphatic carbocycles. The molecule has 2 atom stereocenters. The van der Waals surface area contributed by atoms with E-state index in [1.54, 1.807) is 6.66 Å². The van der Waals surface area contributed by atoms with Crippen molar-refractivity contribution in [2.24, 2.45) is 5.92 Å². The van der Waals surface area contributed by atoms with Crippen molar-refractivity contribution >= 4 is 14.0 Å². The third kappa shape index (κ3) is 14.3. The fourth-order valence-corrected chi connectivity index (χ4v) is 1.65. The fourth-order valence-electron chi connectivity index (χ4n) is 1.13. The molecule has 102 valence electrons. The van der Waals surface area contributed by atoms with Crippen LogP contribution in [0.1, 0.15) is 39.5 Å². The first-order valence-electron chi connectivity index (χ1n) is 5.85. The van der Waals surface area contributed by atoms with Crippen molar-refractivity contribution in [1.29, 1.82) is 0 Å². The summed E-state index contributed by atoms with van der Waals surface area (Å²) in [6.45, 7) is 6.28. The van der Waals surface area contributed by atoms with E-state index in [1.165, 1.54) is 0 Å². The van der Waals surface area contributed by atoms with Gasteiger partial charge in [-0.25, -0.2) is 0 Å². The first kappa shape index (κ1) is 19.7. The first-order chi connectivity index (χ1) is 7.56. The van der Waals surface area contributed by atoms with Crippen molar-refractivity contribution in [3.8, 4) is 0 Å². The predicted octanol–water partition coefficient (Wildman–Crippen LogP) is 2.86. The van der Waals surface area contributed by atoms with Crippen LogP contribution in [0.5, 0.6) is 0 Å². The Balaban J connectivity index is 0. The quantitative estimate of drug-likeness (QED) is 0.279. The Morgan fingerprint density at radius 3 is 2.47 bits per heavy atom. The Morgan fingerprint density at radius 2 is 1.94 bits per heavy atom. The average Bonchev–Trinajstić information content (AvgIpc) is 2.24. The number of rotatable bonds is 9. The van der Waals surface area contributed by atoms with E-state index in [1.807, 2.05) is 6.92 Å². The molecule has 0 N–H and O–H groups in total. The molecule has 1 unspecified atom stereocenters. The molecular formula is C11H23MoO4P. The second-order valence-electron chi connectivity index (χ2n) is 4.05. The number of hydrogen-bond donors (Lipinski definition) is 0. The van der Waals surface area contributed by atoms with Crippen LogP contribution in [0.4, 0.5) is 0 Å². The van der Waals surface area contributed by atoms with Crippen molar-refractivity contribution in [1.82, 2.24) is 0 Å². The Bertz CT molecular complexity index is 224. The smallest absolute Gasteiger partial charge is 0.305 e. The van der Waals surface area contributed by atoms with Crippen LogP contribution in [0.2, 0.25) is 0 Å². The van der Waals surface area contributed by atoms with E-state index in [2.05, 4.69) is 6.92 Å². The number of hydrogen-bond acceptors (Lipinski definition) is 4. The summed E-state index contributed by atoms with van der Waals surface area (Å²) < 4.78 is 20.8. The van der Waals surface area contributed by atoms with Crippen molar-refractivity contribution in [2.75, 3.05) is 19.9 Å². The van der Waals surface area contributed by atoms with Gasteiger partial charge in [0.1, 0.15) is 0 Å². The second kappa shape index (κ2) is 12.8. The van der Waals surface area contributed by atoms with Gasteiger partial charge >= 0.3 is 5.97 Å². The van der Waals surface area contributed by atoms with Crippen LogP contribution in [-0.4, -0.2) is 25.8 Å². The molecule has 0 radical (unpaired) electrons. The van der Waals surface area contributed by atoms with Gasteiger partial charge in [-0.05, 0) is 6.42 Å². The Hall–Kier alpha value is 0.348. The van der Waals surface area contributed by atoms with Gasteiger partial charge in [0, 0.05) is 40.1 Å². The van der Waals surface area contributed by atoms with Gasteiger partial charge in [0.2, 0.25) is 0 Å². The second-order valence-corrected chi connectivity index (χ2v) is 5.32. The minimum absolute atomic E-state index is 0. The molecule has 0 aromatic rings. The van der Waals surface area contributed by atoms with E-state index in [9.17, 15) is 9.36 Å². The molecule has 0 aliphatic heterocycles. The minimum Gasteiger partial charge on any atom is -0.465 e. The molecule has 4 nitrogen and oxygen atoms in total. The average molecular weight is 346 g/mol. The number of ether oxygens (including phenoxy) is 1. The molecule has 0 amide bonds. The van der Waals surface area contributed by atoms with Crippen LogP contribution in [-0.2, 0) is 39.7 Å². The summed E-state index contributed by atoms with van der Waals surface area (Å²) in [5.41, 5.74) is 0. The Kier molecular flexibility index (Phi) is 14.8. The standard InChI is InChI=1S/C11H23O4P.Mo/c1-4-5-6-7-11(12)14-8-10(2)9-15-16(3)13;/h10,16H,4-9H2,1-3H3;/t10-;/m1./s1. The van der Waals surface area contributed by atoms with Crippen LogP contribution in [0.15, 0.2) is 0 Å². The third-order valence-corrected chi connectivity index (χ3v) is 2.66. The summed E-state index contributed by atoms with van der Waals surface area (Å²) in [6, 6.07) is 0. The van der Waals surface area contributed by atoms with E-state index >= 15 is 0 Å². The van der Waals surface area contributed by atoms with Gasteiger partial charge in [-0.1, -0.05) is 26.7 Å². The van der Waals surface area contributed by atoms with Gasteiger partial charge in [-0.3, -0.25) is 9.36 Å². The molecule has 0 bridgehead atoms. The molecule has 0 spiro atoms. The molecule has 0 aliphatic rings. The predicted molar refractivity (Wildman–Crippen MR) is 65.1 cm³/mol. The molecule has 0 aromatic carbocycles. The number of unbranched alkanes of at least 4 members (excludes halogenated alkanes) is 2. The normalized spacial score (nSPS) is 13.6. The Morgan fingerprint density at radius 1 is 1.29 bits per heavy atom. The molecule has 0 saturated heterocycles. The minimum atomic E-state index is -1.88. The topological polar surface area (TPSA) is 52.6 Å². The number of carbonyl (C=O) groups is 1. The maximum Gasteiger partial charge on any atom is 0.305 e. The molecule has 0 fully saturated rings. The van der Waals surface area contributed by atoms with Crippen LogP contribution in [0, 0.1) is 5.92 Å². The fraction of sp³-hybridized carbons (Fsp3) is 0.909. The summed E-state index contributed by atoms with van der Waals surface area (Å²) in [5.74, 6) is -0.0477. The summed E-state index contributed by atoms with van der Waals surface area (Å²) in [5, 5.41) is 0. The SMILES string of the molecule is CCCCCC(=O)OC[C@@H](C)CO[PH](C)=O.[Mo]. The molecule has 0 saturated carbocycles. The number of esters is 1. The molecule has 17 heavy (non-hydrogen) atoms. The third-order valence-electron chi connectivity index (χ3n) is 2.08. The number of carbonyl (C=O) groups excluding carboxylic acids is 1. The van der Waals surface area contributed by atoms with Crippen molar-refractivity contribution in [2.45, 2.75) is 39.5 Å². The maximum absolute atomic E-state index is 11.2. The van der Waals surface area contributed by atoms with Gasteiger partial charge < -0.3 is 9.26 Å². The first-order valence-corrected chi connectivity index (χ1v) is 7.66. The van der Waals surface area contributed by atoms with E-state index in [4.69, 9.17) is 9.26 Å².